The Bertz CT molecular complexity index is 226. The number of carbonyl (C=O) groups excluding carboxylic acids is 1. The van der Waals surface area contributed by atoms with Crippen LogP contribution in [0.1, 0.15) is 47.0 Å². The first-order valence-corrected chi connectivity index (χ1v) is 6.02. The molecule has 15 heavy (non-hydrogen) atoms. The van der Waals surface area contributed by atoms with Crippen LogP contribution in [-0.4, -0.2) is 30.1 Å². The zero-order valence-electron chi connectivity index (χ0n) is 10.5. The molecule has 1 aliphatic heterocycles. The Labute approximate surface area is 93.2 Å². The van der Waals surface area contributed by atoms with Gasteiger partial charge in [-0.05, 0) is 18.3 Å². The second kappa shape index (κ2) is 4.97. The Morgan fingerprint density at radius 2 is 2.13 bits per heavy atom. The van der Waals surface area contributed by atoms with E-state index < -0.39 is 0 Å². The van der Waals surface area contributed by atoms with Gasteiger partial charge < -0.3 is 4.90 Å². The molecule has 0 aromatic heterocycles. The number of amides is 1. The summed E-state index contributed by atoms with van der Waals surface area (Å²) in [7, 11) is 0. The Morgan fingerprint density at radius 1 is 1.47 bits per heavy atom. The fraction of sp³-hybridized carbons (Fsp3) is 0.917. The average Bonchev–Trinajstić information content (AvgIpc) is 2.50. The predicted octanol–water partition coefficient (Wildman–Crippen LogP) is 1.98. The van der Waals surface area contributed by atoms with E-state index in [1.165, 1.54) is 0 Å². The molecule has 1 atom stereocenters. The molecule has 0 spiro atoms. The van der Waals surface area contributed by atoms with Gasteiger partial charge in [-0.1, -0.05) is 34.1 Å². The van der Waals surface area contributed by atoms with Crippen LogP contribution in [0.25, 0.3) is 0 Å². The number of nitrogens with one attached hydrogen (secondary N) is 1. The molecule has 1 heterocycles. The van der Waals surface area contributed by atoms with Gasteiger partial charge in [0.25, 0.3) is 0 Å². The van der Waals surface area contributed by atoms with Crippen LogP contribution in [0.4, 0.5) is 0 Å². The minimum atomic E-state index is 0.0719. The molecule has 0 aliphatic carbocycles. The molecule has 1 rings (SSSR count). The fourth-order valence-corrected chi connectivity index (χ4v) is 1.88. The van der Waals surface area contributed by atoms with E-state index >= 15 is 0 Å². The van der Waals surface area contributed by atoms with E-state index in [1.54, 1.807) is 0 Å². The van der Waals surface area contributed by atoms with Crippen LogP contribution >= 0.6 is 0 Å². The van der Waals surface area contributed by atoms with Crippen LogP contribution in [-0.2, 0) is 4.79 Å². The normalized spacial score (nSPS) is 22.5. The van der Waals surface area contributed by atoms with E-state index in [4.69, 9.17) is 0 Å². The molecule has 0 radical (unpaired) electrons. The Morgan fingerprint density at radius 3 is 2.67 bits per heavy atom. The van der Waals surface area contributed by atoms with E-state index in [-0.39, 0.29) is 11.5 Å². The molecule has 1 saturated heterocycles. The van der Waals surface area contributed by atoms with Crippen molar-refractivity contribution >= 4 is 5.91 Å². The summed E-state index contributed by atoms with van der Waals surface area (Å²) in [6.07, 6.45) is 3.13. The van der Waals surface area contributed by atoms with Gasteiger partial charge in [0.2, 0.25) is 5.91 Å². The number of hydrogen-bond donors (Lipinski definition) is 1. The minimum absolute atomic E-state index is 0.0719. The van der Waals surface area contributed by atoms with Crippen LogP contribution in [0.5, 0.6) is 0 Å². The van der Waals surface area contributed by atoms with E-state index in [1.807, 2.05) is 4.90 Å². The number of rotatable bonds is 5. The largest absolute Gasteiger partial charge is 0.328 e. The predicted molar refractivity (Wildman–Crippen MR) is 62.5 cm³/mol. The van der Waals surface area contributed by atoms with Crippen LogP contribution in [0.2, 0.25) is 0 Å². The third-order valence-electron chi connectivity index (χ3n) is 3.29. The van der Waals surface area contributed by atoms with Crippen LogP contribution in [0, 0.1) is 5.41 Å². The van der Waals surface area contributed by atoms with Gasteiger partial charge >= 0.3 is 0 Å². The summed E-state index contributed by atoms with van der Waals surface area (Å²) < 4.78 is 0. The Balaban J connectivity index is 2.49. The summed E-state index contributed by atoms with van der Waals surface area (Å²) >= 11 is 0. The average molecular weight is 212 g/mol. The third-order valence-corrected chi connectivity index (χ3v) is 3.29. The molecule has 0 bridgehead atoms. The van der Waals surface area contributed by atoms with E-state index in [0.29, 0.717) is 5.91 Å². The van der Waals surface area contributed by atoms with Crippen LogP contribution < -0.4 is 5.32 Å². The van der Waals surface area contributed by atoms with E-state index in [9.17, 15) is 4.79 Å². The summed E-state index contributed by atoms with van der Waals surface area (Å²) in [5.41, 5.74) is 0.235. The lowest BCUT2D eigenvalue weighted by Crippen LogP contribution is -2.37. The third kappa shape index (κ3) is 3.20. The lowest BCUT2D eigenvalue weighted by Gasteiger charge is -2.28. The van der Waals surface area contributed by atoms with Crippen LogP contribution in [0.15, 0.2) is 0 Å². The quantitative estimate of drug-likeness (QED) is 0.756. The maximum Gasteiger partial charge on any atom is 0.240 e. The van der Waals surface area contributed by atoms with E-state index in [2.05, 4.69) is 33.0 Å². The first kappa shape index (κ1) is 12.5. The first-order chi connectivity index (χ1) is 7.00. The van der Waals surface area contributed by atoms with Gasteiger partial charge in [0.1, 0.15) is 0 Å². The first-order valence-electron chi connectivity index (χ1n) is 6.02. The van der Waals surface area contributed by atoms with Crippen molar-refractivity contribution in [2.75, 3.05) is 13.2 Å². The van der Waals surface area contributed by atoms with Gasteiger partial charge in [0.15, 0.2) is 0 Å². The molecular formula is C12H24N2O. The van der Waals surface area contributed by atoms with Crippen molar-refractivity contribution in [2.24, 2.45) is 5.41 Å². The van der Waals surface area contributed by atoms with Crippen molar-refractivity contribution < 1.29 is 4.79 Å². The molecule has 0 saturated carbocycles. The standard InChI is InChI=1S/C12H24N2O/c1-5-7-10-11(15)14(9-13-10)8-12(3,4)6-2/h10,13H,5-9H2,1-4H3. The molecule has 3 heteroatoms. The number of hydrogen-bond acceptors (Lipinski definition) is 2. The zero-order chi connectivity index (χ0) is 11.5. The molecule has 1 aliphatic rings. The second-order valence-electron chi connectivity index (χ2n) is 5.26. The lowest BCUT2D eigenvalue weighted by molar-refractivity contribution is -0.130. The number of carbonyl (C=O) groups is 1. The second-order valence-corrected chi connectivity index (χ2v) is 5.26. The highest BCUT2D eigenvalue weighted by Gasteiger charge is 2.33. The highest BCUT2D eigenvalue weighted by Crippen LogP contribution is 2.23. The summed E-state index contributed by atoms with van der Waals surface area (Å²) in [4.78, 5) is 13.9. The topological polar surface area (TPSA) is 32.3 Å². The SMILES string of the molecule is CCCC1NCN(CC(C)(C)CC)C1=O. The monoisotopic (exact) mass is 212 g/mol. The maximum absolute atomic E-state index is 12.0. The molecule has 88 valence electrons. The summed E-state index contributed by atoms with van der Waals surface area (Å²) in [6.45, 7) is 10.3. The highest BCUT2D eigenvalue weighted by atomic mass is 16.2. The molecule has 0 aromatic rings. The van der Waals surface area contributed by atoms with Crippen molar-refractivity contribution in [3.63, 3.8) is 0 Å². The van der Waals surface area contributed by atoms with Crippen molar-refractivity contribution in [2.45, 2.75) is 53.0 Å². The van der Waals surface area contributed by atoms with Crippen molar-refractivity contribution in [1.82, 2.24) is 10.2 Å². The van der Waals surface area contributed by atoms with Gasteiger partial charge in [-0.15, -0.1) is 0 Å². The van der Waals surface area contributed by atoms with Crippen molar-refractivity contribution in [3.8, 4) is 0 Å². The van der Waals surface area contributed by atoms with E-state index in [0.717, 1.165) is 32.5 Å². The maximum atomic E-state index is 12.0. The van der Waals surface area contributed by atoms with Gasteiger partial charge in [0.05, 0.1) is 12.7 Å². The smallest absolute Gasteiger partial charge is 0.240 e. The molecule has 3 nitrogen and oxygen atoms in total. The zero-order valence-corrected chi connectivity index (χ0v) is 10.5. The van der Waals surface area contributed by atoms with Crippen LogP contribution in [0.3, 0.4) is 0 Å². The van der Waals surface area contributed by atoms with Gasteiger partial charge in [0, 0.05) is 6.54 Å². The molecule has 1 amide bonds. The Kier molecular flexibility index (Phi) is 4.14. The number of nitrogens with zero attached hydrogens (tertiary/aromatic N) is 1. The Hall–Kier alpha value is -0.570. The summed E-state index contributed by atoms with van der Waals surface area (Å²) in [5.74, 6) is 0.290. The molecular weight excluding hydrogens is 188 g/mol. The highest BCUT2D eigenvalue weighted by molar-refractivity contribution is 5.83. The molecule has 1 fully saturated rings. The van der Waals surface area contributed by atoms with Crippen molar-refractivity contribution in [3.05, 3.63) is 0 Å². The summed E-state index contributed by atoms with van der Waals surface area (Å²) in [6, 6.07) is 0.0719. The molecule has 1 unspecified atom stereocenters. The summed E-state index contributed by atoms with van der Waals surface area (Å²) in [5, 5.41) is 3.28. The fourth-order valence-electron chi connectivity index (χ4n) is 1.88. The van der Waals surface area contributed by atoms with Gasteiger partial charge in [-0.25, -0.2) is 0 Å². The van der Waals surface area contributed by atoms with Crippen molar-refractivity contribution in [1.29, 1.82) is 0 Å². The molecule has 1 N–H and O–H groups in total. The molecule has 0 aromatic carbocycles. The lowest BCUT2D eigenvalue weighted by atomic mass is 9.90. The minimum Gasteiger partial charge on any atom is -0.328 e. The van der Waals surface area contributed by atoms with Gasteiger partial charge in [-0.2, -0.15) is 0 Å². The van der Waals surface area contributed by atoms with Gasteiger partial charge in [-0.3, -0.25) is 10.1 Å².